The van der Waals surface area contributed by atoms with Gasteiger partial charge in [0.15, 0.2) is 5.13 Å². The fourth-order valence-corrected chi connectivity index (χ4v) is 4.68. The molecule has 136 valence electrons. The molecule has 5 nitrogen and oxygen atoms in total. The number of carbonyl (C=O) groups excluding carboxylic acids is 2. The summed E-state index contributed by atoms with van der Waals surface area (Å²) in [7, 11) is 0. The largest absolute Gasteiger partial charge is 0.307 e. The standard InChI is InChI=1S/C20H17N3O2S2/c1-3-23-15-10-13(18(24)22-20-21-11-12(2)26-20)8-9-17(15)27-16-7-5-4-6-14(16)19(23)25/h4-11H,3H2,1-2H3,(H,21,22,24). The van der Waals surface area contributed by atoms with E-state index in [1.165, 1.54) is 11.3 Å². The van der Waals surface area contributed by atoms with Crippen LogP contribution in [0.4, 0.5) is 10.8 Å². The molecule has 1 N–H and O–H groups in total. The van der Waals surface area contributed by atoms with Crippen molar-refractivity contribution >= 4 is 45.7 Å². The molecule has 0 atom stereocenters. The number of amides is 2. The summed E-state index contributed by atoms with van der Waals surface area (Å²) in [6.45, 7) is 4.40. The Morgan fingerprint density at radius 3 is 2.74 bits per heavy atom. The molecule has 2 heterocycles. The SMILES string of the molecule is CCN1C(=O)c2ccccc2Sc2ccc(C(=O)Nc3ncc(C)s3)cc21. The van der Waals surface area contributed by atoms with Crippen LogP contribution in [0, 0.1) is 6.92 Å². The highest BCUT2D eigenvalue weighted by molar-refractivity contribution is 7.99. The van der Waals surface area contributed by atoms with E-state index in [-0.39, 0.29) is 11.8 Å². The van der Waals surface area contributed by atoms with Crippen LogP contribution in [0.15, 0.2) is 58.5 Å². The first-order valence-electron chi connectivity index (χ1n) is 8.53. The molecule has 1 aliphatic heterocycles. The van der Waals surface area contributed by atoms with Crippen molar-refractivity contribution < 1.29 is 9.59 Å². The fraction of sp³-hybridized carbons (Fsp3) is 0.150. The molecule has 0 aliphatic carbocycles. The average Bonchev–Trinajstić information content (AvgIpc) is 3.03. The molecule has 2 amide bonds. The predicted octanol–water partition coefficient (Wildman–Crippen LogP) is 4.84. The Hall–Kier alpha value is -2.64. The third-order valence-electron chi connectivity index (χ3n) is 4.25. The number of aromatic nitrogens is 1. The summed E-state index contributed by atoms with van der Waals surface area (Å²) in [5.41, 5.74) is 1.94. The van der Waals surface area contributed by atoms with Gasteiger partial charge in [0.2, 0.25) is 0 Å². The van der Waals surface area contributed by atoms with E-state index in [9.17, 15) is 9.59 Å². The highest BCUT2D eigenvalue weighted by Gasteiger charge is 2.27. The van der Waals surface area contributed by atoms with E-state index in [1.54, 1.807) is 35.0 Å². The molecule has 7 heteroatoms. The minimum atomic E-state index is -0.234. The Balaban J connectivity index is 1.71. The number of aryl methyl sites for hydroxylation is 1. The lowest BCUT2D eigenvalue weighted by Gasteiger charge is -2.21. The molecule has 1 aromatic heterocycles. The molecule has 4 rings (SSSR count). The van der Waals surface area contributed by atoms with E-state index in [2.05, 4.69) is 10.3 Å². The summed E-state index contributed by atoms with van der Waals surface area (Å²) < 4.78 is 0. The van der Waals surface area contributed by atoms with Gasteiger partial charge in [0.1, 0.15) is 0 Å². The molecule has 27 heavy (non-hydrogen) atoms. The maximum absolute atomic E-state index is 13.0. The van der Waals surface area contributed by atoms with Crippen LogP contribution in [0.25, 0.3) is 0 Å². The number of anilines is 2. The first-order valence-corrected chi connectivity index (χ1v) is 10.2. The quantitative estimate of drug-likeness (QED) is 0.690. The second-order valence-corrected chi connectivity index (χ2v) is 8.38. The van der Waals surface area contributed by atoms with Crippen LogP contribution in [0.2, 0.25) is 0 Å². The summed E-state index contributed by atoms with van der Waals surface area (Å²) in [5.74, 6) is -0.283. The Bertz CT molecular complexity index is 1050. The van der Waals surface area contributed by atoms with Crippen LogP contribution < -0.4 is 10.2 Å². The van der Waals surface area contributed by atoms with Crippen molar-refractivity contribution in [2.75, 3.05) is 16.8 Å². The van der Waals surface area contributed by atoms with Gasteiger partial charge in [0, 0.05) is 33.0 Å². The van der Waals surface area contributed by atoms with E-state index in [0.717, 1.165) is 20.4 Å². The normalized spacial score (nSPS) is 13.0. The number of benzene rings is 2. The molecule has 0 bridgehead atoms. The molecule has 1 aliphatic rings. The lowest BCUT2D eigenvalue weighted by molar-refractivity contribution is 0.0982. The molecular weight excluding hydrogens is 378 g/mol. The number of carbonyl (C=O) groups is 2. The summed E-state index contributed by atoms with van der Waals surface area (Å²) in [6.07, 6.45) is 1.72. The Morgan fingerprint density at radius 1 is 1.19 bits per heavy atom. The first kappa shape index (κ1) is 17.8. The zero-order chi connectivity index (χ0) is 19.0. The molecular formula is C20H17N3O2S2. The minimum absolute atomic E-state index is 0.0487. The lowest BCUT2D eigenvalue weighted by Crippen LogP contribution is -2.30. The second kappa shape index (κ2) is 7.17. The van der Waals surface area contributed by atoms with E-state index in [0.29, 0.717) is 22.8 Å². The predicted molar refractivity (Wildman–Crippen MR) is 109 cm³/mol. The number of fused-ring (bicyclic) bond motifs is 2. The van der Waals surface area contributed by atoms with Crippen LogP contribution >= 0.6 is 23.1 Å². The summed E-state index contributed by atoms with van der Waals surface area (Å²) in [6, 6.07) is 13.1. The summed E-state index contributed by atoms with van der Waals surface area (Å²) in [4.78, 5) is 34.5. The van der Waals surface area contributed by atoms with Crippen LogP contribution in [-0.2, 0) is 0 Å². The maximum Gasteiger partial charge on any atom is 0.259 e. The monoisotopic (exact) mass is 395 g/mol. The van der Waals surface area contributed by atoms with E-state index >= 15 is 0 Å². The fourth-order valence-electron chi connectivity index (χ4n) is 2.96. The zero-order valence-corrected chi connectivity index (χ0v) is 16.5. The van der Waals surface area contributed by atoms with Gasteiger partial charge in [-0.3, -0.25) is 14.9 Å². The molecule has 2 aromatic carbocycles. The Labute approximate surface area is 165 Å². The third kappa shape index (κ3) is 3.36. The van der Waals surface area contributed by atoms with Crippen molar-refractivity contribution in [1.29, 1.82) is 0 Å². The average molecular weight is 396 g/mol. The van der Waals surface area contributed by atoms with Crippen LogP contribution in [0.1, 0.15) is 32.5 Å². The molecule has 3 aromatic rings. The van der Waals surface area contributed by atoms with Gasteiger partial charge in [-0.05, 0) is 44.2 Å². The number of thiazole rings is 1. The third-order valence-corrected chi connectivity index (χ3v) is 6.22. The van der Waals surface area contributed by atoms with E-state index < -0.39 is 0 Å². The topological polar surface area (TPSA) is 62.3 Å². The van der Waals surface area contributed by atoms with Crippen molar-refractivity contribution in [1.82, 2.24) is 4.98 Å². The molecule has 0 radical (unpaired) electrons. The minimum Gasteiger partial charge on any atom is -0.307 e. The van der Waals surface area contributed by atoms with Crippen molar-refractivity contribution in [3.05, 3.63) is 64.7 Å². The number of rotatable bonds is 3. The van der Waals surface area contributed by atoms with Crippen molar-refractivity contribution in [2.45, 2.75) is 23.6 Å². The highest BCUT2D eigenvalue weighted by atomic mass is 32.2. The smallest absolute Gasteiger partial charge is 0.259 e. The summed E-state index contributed by atoms with van der Waals surface area (Å²) >= 11 is 2.98. The highest BCUT2D eigenvalue weighted by Crippen LogP contribution is 2.41. The Kier molecular flexibility index (Phi) is 4.72. The van der Waals surface area contributed by atoms with Gasteiger partial charge in [-0.1, -0.05) is 23.9 Å². The van der Waals surface area contributed by atoms with E-state index in [4.69, 9.17) is 0 Å². The number of nitrogens with one attached hydrogen (secondary N) is 1. The zero-order valence-electron chi connectivity index (χ0n) is 14.9. The number of hydrogen-bond donors (Lipinski definition) is 1. The summed E-state index contributed by atoms with van der Waals surface area (Å²) in [5, 5.41) is 3.39. The molecule has 0 saturated carbocycles. The van der Waals surface area contributed by atoms with Crippen LogP contribution in [0.5, 0.6) is 0 Å². The van der Waals surface area contributed by atoms with Gasteiger partial charge in [-0.25, -0.2) is 4.98 Å². The van der Waals surface area contributed by atoms with E-state index in [1.807, 2.05) is 44.2 Å². The van der Waals surface area contributed by atoms with Gasteiger partial charge in [-0.2, -0.15) is 0 Å². The molecule has 0 saturated heterocycles. The van der Waals surface area contributed by atoms with Crippen molar-refractivity contribution in [3.8, 4) is 0 Å². The lowest BCUT2D eigenvalue weighted by atomic mass is 10.1. The van der Waals surface area contributed by atoms with Gasteiger partial charge in [0.25, 0.3) is 11.8 Å². The molecule has 0 spiro atoms. The second-order valence-electron chi connectivity index (χ2n) is 6.06. The number of nitrogens with zero attached hydrogens (tertiary/aromatic N) is 2. The molecule has 0 fully saturated rings. The van der Waals surface area contributed by atoms with Crippen LogP contribution in [-0.4, -0.2) is 23.3 Å². The van der Waals surface area contributed by atoms with Crippen molar-refractivity contribution in [2.24, 2.45) is 0 Å². The first-order chi connectivity index (χ1) is 13.1. The van der Waals surface area contributed by atoms with Gasteiger partial charge >= 0.3 is 0 Å². The number of hydrogen-bond acceptors (Lipinski definition) is 5. The van der Waals surface area contributed by atoms with Gasteiger partial charge in [0.05, 0.1) is 11.3 Å². The maximum atomic E-state index is 13.0. The van der Waals surface area contributed by atoms with Crippen molar-refractivity contribution in [3.63, 3.8) is 0 Å². The Morgan fingerprint density at radius 2 is 2.00 bits per heavy atom. The van der Waals surface area contributed by atoms with Gasteiger partial charge < -0.3 is 4.90 Å². The molecule has 0 unspecified atom stereocenters. The van der Waals surface area contributed by atoms with Gasteiger partial charge in [-0.15, -0.1) is 11.3 Å². The van der Waals surface area contributed by atoms with Crippen LogP contribution in [0.3, 0.4) is 0 Å².